The first-order valence-electron chi connectivity index (χ1n) is 9.91. The van der Waals surface area contributed by atoms with Gasteiger partial charge in [-0.25, -0.2) is 0 Å². The van der Waals surface area contributed by atoms with E-state index < -0.39 is 0 Å². The molecule has 2 aromatic rings. The van der Waals surface area contributed by atoms with E-state index in [2.05, 4.69) is 18.1 Å². The first-order chi connectivity index (χ1) is 14.4. The lowest BCUT2D eigenvalue weighted by Crippen LogP contribution is -2.34. The van der Waals surface area contributed by atoms with Gasteiger partial charge in [0.2, 0.25) is 0 Å². The van der Waals surface area contributed by atoms with Crippen molar-refractivity contribution in [2.45, 2.75) is 12.8 Å². The highest BCUT2D eigenvalue weighted by atomic mass is 16.3. The minimum absolute atomic E-state index is 0.0183. The SMILES string of the molecule is C=CCc1cc(/C=C2\CN(C)C/C(=C\c3ccc(O)c(CC=C)c3)C2=O)ccc1O. The monoisotopic (exact) mass is 401 g/mol. The molecule has 1 fully saturated rings. The molecule has 0 unspecified atom stereocenters. The Morgan fingerprint density at radius 2 is 1.30 bits per heavy atom. The summed E-state index contributed by atoms with van der Waals surface area (Å²) in [5.41, 5.74) is 4.72. The fraction of sp³-hybridized carbons (Fsp3) is 0.192. The summed E-state index contributed by atoms with van der Waals surface area (Å²) in [6, 6.07) is 10.7. The van der Waals surface area contributed by atoms with Crippen molar-refractivity contribution in [1.82, 2.24) is 4.90 Å². The van der Waals surface area contributed by atoms with E-state index in [0.29, 0.717) is 37.1 Å². The number of carbonyl (C=O) groups excluding carboxylic acids is 1. The number of rotatable bonds is 6. The number of phenolic OH excluding ortho intramolecular Hbond substituents is 2. The maximum atomic E-state index is 13.1. The van der Waals surface area contributed by atoms with E-state index in [9.17, 15) is 15.0 Å². The molecule has 0 saturated carbocycles. The van der Waals surface area contributed by atoms with Gasteiger partial charge in [0.25, 0.3) is 0 Å². The minimum atomic E-state index is 0.0183. The molecule has 4 heteroatoms. The van der Waals surface area contributed by atoms with Crippen molar-refractivity contribution in [3.8, 4) is 11.5 Å². The third kappa shape index (κ3) is 4.97. The Labute approximate surface area is 177 Å². The van der Waals surface area contributed by atoms with Crippen LogP contribution >= 0.6 is 0 Å². The number of hydrogen-bond acceptors (Lipinski definition) is 4. The first kappa shape index (κ1) is 21.3. The molecule has 1 aliphatic heterocycles. The highest BCUT2D eigenvalue weighted by molar-refractivity contribution is 6.14. The second-order valence-electron chi connectivity index (χ2n) is 7.60. The Bertz CT molecular complexity index is 965. The number of aromatic hydroxyl groups is 2. The number of benzene rings is 2. The molecule has 0 bridgehead atoms. The van der Waals surface area contributed by atoms with Crippen molar-refractivity contribution in [3.63, 3.8) is 0 Å². The molecule has 0 amide bonds. The fourth-order valence-electron chi connectivity index (χ4n) is 3.64. The van der Waals surface area contributed by atoms with E-state index >= 15 is 0 Å². The van der Waals surface area contributed by atoms with Crippen LogP contribution in [0.5, 0.6) is 11.5 Å². The third-order valence-corrected chi connectivity index (χ3v) is 5.08. The molecule has 1 heterocycles. The van der Waals surface area contributed by atoms with Crippen LogP contribution < -0.4 is 0 Å². The third-order valence-electron chi connectivity index (χ3n) is 5.08. The van der Waals surface area contributed by atoms with Crippen LogP contribution in [0.3, 0.4) is 0 Å². The zero-order chi connectivity index (χ0) is 21.7. The largest absolute Gasteiger partial charge is 0.508 e. The second kappa shape index (κ2) is 9.42. The summed E-state index contributed by atoms with van der Waals surface area (Å²) >= 11 is 0. The number of hydrogen-bond donors (Lipinski definition) is 2. The summed E-state index contributed by atoms with van der Waals surface area (Å²) < 4.78 is 0. The zero-order valence-electron chi connectivity index (χ0n) is 17.3. The van der Waals surface area contributed by atoms with E-state index in [1.165, 1.54) is 0 Å². The Kier molecular flexibility index (Phi) is 6.70. The first-order valence-corrected chi connectivity index (χ1v) is 9.91. The van der Waals surface area contributed by atoms with Crippen LogP contribution in [0.2, 0.25) is 0 Å². The average molecular weight is 402 g/mol. The molecular formula is C26H27NO3. The van der Waals surface area contributed by atoms with Crippen LogP contribution in [0.25, 0.3) is 12.2 Å². The van der Waals surface area contributed by atoms with Crippen molar-refractivity contribution >= 4 is 17.9 Å². The lowest BCUT2D eigenvalue weighted by atomic mass is 9.93. The van der Waals surface area contributed by atoms with Crippen molar-refractivity contribution in [2.75, 3.05) is 20.1 Å². The highest BCUT2D eigenvalue weighted by Crippen LogP contribution is 2.26. The quantitative estimate of drug-likeness (QED) is 0.551. The van der Waals surface area contributed by atoms with Gasteiger partial charge in [0.05, 0.1) is 0 Å². The number of allylic oxidation sites excluding steroid dienone is 2. The van der Waals surface area contributed by atoms with Crippen LogP contribution in [0.4, 0.5) is 0 Å². The van der Waals surface area contributed by atoms with Crippen molar-refractivity contribution < 1.29 is 15.0 Å². The highest BCUT2D eigenvalue weighted by Gasteiger charge is 2.24. The summed E-state index contributed by atoms with van der Waals surface area (Å²) in [6.45, 7) is 8.56. The molecule has 2 aromatic carbocycles. The van der Waals surface area contributed by atoms with Gasteiger partial charge in [0, 0.05) is 24.2 Å². The van der Waals surface area contributed by atoms with E-state index in [1.54, 1.807) is 24.3 Å². The Morgan fingerprint density at radius 3 is 1.70 bits per heavy atom. The van der Waals surface area contributed by atoms with E-state index in [0.717, 1.165) is 22.3 Å². The van der Waals surface area contributed by atoms with Gasteiger partial charge in [0.15, 0.2) is 5.78 Å². The van der Waals surface area contributed by atoms with E-state index in [1.807, 2.05) is 43.5 Å². The molecule has 0 radical (unpaired) electrons. The van der Waals surface area contributed by atoms with Crippen LogP contribution in [-0.4, -0.2) is 41.0 Å². The van der Waals surface area contributed by atoms with Gasteiger partial charge in [-0.1, -0.05) is 24.3 Å². The van der Waals surface area contributed by atoms with Crippen LogP contribution in [0, 0.1) is 0 Å². The molecule has 4 nitrogen and oxygen atoms in total. The van der Waals surface area contributed by atoms with Gasteiger partial charge in [-0.3, -0.25) is 9.69 Å². The van der Waals surface area contributed by atoms with Crippen molar-refractivity contribution in [2.24, 2.45) is 0 Å². The standard InChI is InChI=1S/C26H27NO3/c1-4-6-20-12-18(8-10-24(20)28)14-22-16-27(3)17-23(26(22)30)15-19-9-11-25(29)21(13-19)7-5-2/h4-5,8-15,28-29H,1-2,6-7,16-17H2,3H3/b22-14+,23-15+. The molecule has 0 spiro atoms. The number of carbonyl (C=O) groups is 1. The van der Waals surface area contributed by atoms with Crippen LogP contribution in [0.1, 0.15) is 22.3 Å². The summed E-state index contributed by atoms with van der Waals surface area (Å²) in [5.74, 6) is 0.476. The maximum Gasteiger partial charge on any atom is 0.187 e. The number of ketones is 1. The van der Waals surface area contributed by atoms with Gasteiger partial charge in [-0.2, -0.15) is 0 Å². The van der Waals surface area contributed by atoms with E-state index in [4.69, 9.17) is 0 Å². The molecule has 154 valence electrons. The summed E-state index contributed by atoms with van der Waals surface area (Å²) in [6.07, 6.45) is 8.39. The van der Waals surface area contributed by atoms with Crippen molar-refractivity contribution in [1.29, 1.82) is 0 Å². The molecule has 0 atom stereocenters. The predicted molar refractivity (Wildman–Crippen MR) is 122 cm³/mol. The van der Waals surface area contributed by atoms with Crippen LogP contribution in [-0.2, 0) is 17.6 Å². The van der Waals surface area contributed by atoms with Crippen LogP contribution in [0.15, 0.2) is 72.9 Å². The molecule has 0 aliphatic carbocycles. The Hall–Kier alpha value is -3.37. The number of likely N-dealkylation sites (tertiary alicyclic amines) is 1. The minimum Gasteiger partial charge on any atom is -0.508 e. The molecular weight excluding hydrogens is 374 g/mol. The summed E-state index contributed by atoms with van der Waals surface area (Å²) in [5, 5.41) is 20.0. The van der Waals surface area contributed by atoms with Gasteiger partial charge in [0.1, 0.15) is 11.5 Å². The smallest absolute Gasteiger partial charge is 0.187 e. The zero-order valence-corrected chi connectivity index (χ0v) is 17.3. The molecule has 1 saturated heterocycles. The number of nitrogens with zero attached hydrogens (tertiary/aromatic N) is 1. The fourth-order valence-corrected chi connectivity index (χ4v) is 3.64. The lowest BCUT2D eigenvalue weighted by Gasteiger charge is -2.26. The van der Waals surface area contributed by atoms with Gasteiger partial charge >= 0.3 is 0 Å². The van der Waals surface area contributed by atoms with Crippen molar-refractivity contribution in [3.05, 3.63) is 95.1 Å². The summed E-state index contributed by atoms with van der Waals surface area (Å²) in [4.78, 5) is 15.2. The average Bonchev–Trinajstić information content (AvgIpc) is 2.71. The number of piperidine rings is 1. The number of Topliss-reactive ketones (excluding diaryl/α,β-unsaturated/α-hetero) is 1. The topological polar surface area (TPSA) is 60.8 Å². The predicted octanol–water partition coefficient (Wildman–Crippen LogP) is 4.54. The van der Waals surface area contributed by atoms with E-state index in [-0.39, 0.29) is 17.3 Å². The van der Waals surface area contributed by atoms with Gasteiger partial charge in [-0.05, 0) is 78.6 Å². The second-order valence-corrected chi connectivity index (χ2v) is 7.60. The normalized spacial score (nSPS) is 17.4. The molecule has 3 rings (SSSR count). The molecule has 0 aromatic heterocycles. The maximum absolute atomic E-state index is 13.1. The lowest BCUT2D eigenvalue weighted by molar-refractivity contribution is -0.113. The van der Waals surface area contributed by atoms with Gasteiger partial charge < -0.3 is 10.2 Å². The van der Waals surface area contributed by atoms with Gasteiger partial charge in [-0.15, -0.1) is 13.2 Å². The summed E-state index contributed by atoms with van der Waals surface area (Å²) in [7, 11) is 1.98. The Balaban J connectivity index is 1.93. The Morgan fingerprint density at radius 1 is 0.867 bits per heavy atom. The molecule has 30 heavy (non-hydrogen) atoms. The number of likely N-dealkylation sites (N-methyl/N-ethyl adjacent to an activating group) is 1. The number of phenols is 2. The molecule has 1 aliphatic rings. The molecule has 2 N–H and O–H groups in total.